The van der Waals surface area contributed by atoms with Gasteiger partial charge in [-0.3, -0.25) is 14.4 Å². The van der Waals surface area contributed by atoms with Gasteiger partial charge in [-0.05, 0) is 24.3 Å². The zero-order chi connectivity index (χ0) is 12.4. The number of benzene rings is 1. The SMILES string of the molecule is CNC(=O)c1ccc(N2CC(=O)CC2=O)cc1. The summed E-state index contributed by atoms with van der Waals surface area (Å²) in [7, 11) is 1.55. The first-order valence-electron chi connectivity index (χ1n) is 5.26. The Hall–Kier alpha value is -2.17. The molecule has 1 aromatic carbocycles. The number of carbonyl (C=O) groups is 3. The van der Waals surface area contributed by atoms with Crippen LogP contribution in [0.3, 0.4) is 0 Å². The first-order chi connectivity index (χ1) is 8.11. The van der Waals surface area contributed by atoms with E-state index in [1.165, 1.54) is 4.90 Å². The number of Topliss-reactive ketones (excluding diaryl/α,β-unsaturated/α-hetero) is 1. The van der Waals surface area contributed by atoms with E-state index in [1.807, 2.05) is 0 Å². The molecule has 88 valence electrons. The van der Waals surface area contributed by atoms with Crippen LogP contribution in [0.5, 0.6) is 0 Å². The van der Waals surface area contributed by atoms with Gasteiger partial charge in [0.1, 0.15) is 0 Å². The van der Waals surface area contributed by atoms with Crippen molar-refractivity contribution in [2.24, 2.45) is 0 Å². The average Bonchev–Trinajstić information content (AvgIpc) is 2.68. The number of carbonyl (C=O) groups excluding carboxylic acids is 3. The van der Waals surface area contributed by atoms with E-state index in [0.29, 0.717) is 11.3 Å². The van der Waals surface area contributed by atoms with Crippen LogP contribution in [0.4, 0.5) is 5.69 Å². The van der Waals surface area contributed by atoms with Crippen molar-refractivity contribution in [3.8, 4) is 0 Å². The topological polar surface area (TPSA) is 66.5 Å². The fourth-order valence-electron chi connectivity index (χ4n) is 1.76. The fraction of sp³-hybridized carbons (Fsp3) is 0.250. The molecule has 0 spiro atoms. The molecule has 2 amide bonds. The number of rotatable bonds is 2. The minimum Gasteiger partial charge on any atom is -0.355 e. The van der Waals surface area contributed by atoms with E-state index in [2.05, 4.69) is 5.32 Å². The van der Waals surface area contributed by atoms with Crippen molar-refractivity contribution in [2.45, 2.75) is 6.42 Å². The number of hydrogen-bond acceptors (Lipinski definition) is 3. The van der Waals surface area contributed by atoms with E-state index in [4.69, 9.17) is 0 Å². The van der Waals surface area contributed by atoms with Crippen molar-refractivity contribution in [3.63, 3.8) is 0 Å². The summed E-state index contributed by atoms with van der Waals surface area (Å²) in [5.41, 5.74) is 1.17. The van der Waals surface area contributed by atoms with Crippen LogP contribution in [0.25, 0.3) is 0 Å². The van der Waals surface area contributed by atoms with Crippen LogP contribution in [-0.2, 0) is 9.59 Å². The van der Waals surface area contributed by atoms with Crippen molar-refractivity contribution in [1.29, 1.82) is 0 Å². The number of ketones is 1. The molecule has 1 heterocycles. The molecule has 5 nitrogen and oxygen atoms in total. The van der Waals surface area contributed by atoms with E-state index in [1.54, 1.807) is 31.3 Å². The van der Waals surface area contributed by atoms with Gasteiger partial charge < -0.3 is 10.2 Å². The Balaban J connectivity index is 2.21. The van der Waals surface area contributed by atoms with Crippen LogP contribution in [-0.4, -0.2) is 31.2 Å². The van der Waals surface area contributed by atoms with Gasteiger partial charge in [-0.1, -0.05) is 0 Å². The smallest absolute Gasteiger partial charge is 0.251 e. The van der Waals surface area contributed by atoms with Crippen LogP contribution in [0.1, 0.15) is 16.8 Å². The van der Waals surface area contributed by atoms with Gasteiger partial charge >= 0.3 is 0 Å². The van der Waals surface area contributed by atoms with E-state index < -0.39 is 0 Å². The summed E-state index contributed by atoms with van der Waals surface area (Å²) < 4.78 is 0. The molecule has 17 heavy (non-hydrogen) atoms. The molecular formula is C12H12N2O3. The molecule has 1 aliphatic rings. The Labute approximate surface area is 98.4 Å². The van der Waals surface area contributed by atoms with E-state index in [-0.39, 0.29) is 30.6 Å². The van der Waals surface area contributed by atoms with Crippen molar-refractivity contribution < 1.29 is 14.4 Å². The van der Waals surface area contributed by atoms with E-state index in [9.17, 15) is 14.4 Å². The molecule has 0 aliphatic carbocycles. The molecule has 2 rings (SSSR count). The molecule has 0 saturated carbocycles. The zero-order valence-corrected chi connectivity index (χ0v) is 9.40. The number of amides is 2. The van der Waals surface area contributed by atoms with Gasteiger partial charge in [-0.25, -0.2) is 0 Å². The van der Waals surface area contributed by atoms with Crippen LogP contribution in [0.15, 0.2) is 24.3 Å². The predicted octanol–water partition coefficient (Wildman–Crippen LogP) is 0.352. The highest BCUT2D eigenvalue weighted by atomic mass is 16.2. The van der Waals surface area contributed by atoms with Gasteiger partial charge in [0.2, 0.25) is 5.91 Å². The van der Waals surface area contributed by atoms with E-state index >= 15 is 0 Å². The minimum atomic E-state index is -0.192. The molecule has 0 unspecified atom stereocenters. The third-order valence-electron chi connectivity index (χ3n) is 2.65. The zero-order valence-electron chi connectivity index (χ0n) is 9.40. The van der Waals surface area contributed by atoms with Gasteiger partial charge in [0.15, 0.2) is 5.78 Å². The maximum atomic E-state index is 11.5. The second-order valence-electron chi connectivity index (χ2n) is 3.82. The Morgan fingerprint density at radius 1 is 1.24 bits per heavy atom. The Morgan fingerprint density at radius 2 is 1.88 bits per heavy atom. The third kappa shape index (κ3) is 2.18. The summed E-state index contributed by atoms with van der Waals surface area (Å²) in [4.78, 5) is 35.4. The second kappa shape index (κ2) is 4.37. The highest BCUT2D eigenvalue weighted by Crippen LogP contribution is 2.20. The molecule has 1 aliphatic heterocycles. The maximum Gasteiger partial charge on any atom is 0.251 e. The lowest BCUT2D eigenvalue weighted by Gasteiger charge is -2.14. The van der Waals surface area contributed by atoms with Crippen LogP contribution in [0.2, 0.25) is 0 Å². The van der Waals surface area contributed by atoms with Gasteiger partial charge in [0.05, 0.1) is 13.0 Å². The van der Waals surface area contributed by atoms with Gasteiger partial charge in [-0.2, -0.15) is 0 Å². The maximum absolute atomic E-state index is 11.5. The molecule has 0 radical (unpaired) electrons. The van der Waals surface area contributed by atoms with Crippen LogP contribution < -0.4 is 10.2 Å². The summed E-state index contributed by atoms with van der Waals surface area (Å²) in [6.45, 7) is 0.123. The summed E-state index contributed by atoms with van der Waals surface area (Å²) in [5.74, 6) is -0.451. The minimum absolute atomic E-state index is 0.0306. The largest absolute Gasteiger partial charge is 0.355 e. The molecule has 1 N–H and O–H groups in total. The monoisotopic (exact) mass is 232 g/mol. The highest BCUT2D eigenvalue weighted by molar-refractivity contribution is 6.15. The molecule has 0 aromatic heterocycles. The van der Waals surface area contributed by atoms with Gasteiger partial charge in [0, 0.05) is 18.3 Å². The van der Waals surface area contributed by atoms with Crippen molar-refractivity contribution >= 4 is 23.3 Å². The molecule has 0 atom stereocenters. The molecule has 5 heteroatoms. The Bertz CT molecular complexity index is 479. The molecule has 1 fully saturated rings. The first kappa shape index (κ1) is 11.3. The summed E-state index contributed by atoms with van der Waals surface area (Å²) in [6.07, 6.45) is -0.0306. The second-order valence-corrected chi connectivity index (χ2v) is 3.82. The number of hydrogen-bond donors (Lipinski definition) is 1. The third-order valence-corrected chi connectivity index (χ3v) is 2.65. The highest BCUT2D eigenvalue weighted by Gasteiger charge is 2.28. The molecule has 0 bridgehead atoms. The Kier molecular flexibility index (Phi) is 2.91. The lowest BCUT2D eigenvalue weighted by atomic mass is 10.2. The molecule has 1 aromatic rings. The number of nitrogens with one attached hydrogen (secondary N) is 1. The van der Waals surface area contributed by atoms with Crippen molar-refractivity contribution in [3.05, 3.63) is 29.8 Å². The van der Waals surface area contributed by atoms with Crippen molar-refractivity contribution in [1.82, 2.24) is 5.32 Å². The van der Waals surface area contributed by atoms with Crippen LogP contribution in [0, 0.1) is 0 Å². The lowest BCUT2D eigenvalue weighted by Crippen LogP contribution is -2.24. The predicted molar refractivity (Wildman–Crippen MR) is 61.8 cm³/mol. The summed E-state index contributed by atoms with van der Waals surface area (Å²) >= 11 is 0. The van der Waals surface area contributed by atoms with Crippen LogP contribution >= 0.6 is 0 Å². The lowest BCUT2D eigenvalue weighted by molar-refractivity contribution is -0.121. The molecule has 1 saturated heterocycles. The van der Waals surface area contributed by atoms with Gasteiger partial charge in [0.25, 0.3) is 5.91 Å². The normalized spacial score (nSPS) is 15.2. The first-order valence-corrected chi connectivity index (χ1v) is 5.26. The molecular weight excluding hydrogens is 220 g/mol. The Morgan fingerprint density at radius 3 is 2.35 bits per heavy atom. The summed E-state index contributed by atoms with van der Waals surface area (Å²) in [6, 6.07) is 6.59. The fourth-order valence-corrected chi connectivity index (χ4v) is 1.76. The average molecular weight is 232 g/mol. The standard InChI is InChI=1S/C12H12N2O3/c1-13-12(17)8-2-4-9(5-3-8)14-7-10(15)6-11(14)16/h2-5H,6-7H2,1H3,(H,13,17). The van der Waals surface area contributed by atoms with Crippen molar-refractivity contribution in [2.75, 3.05) is 18.5 Å². The summed E-state index contributed by atoms with van der Waals surface area (Å²) in [5, 5.41) is 2.51. The number of nitrogens with zero attached hydrogens (tertiary/aromatic N) is 1. The number of anilines is 1. The quantitative estimate of drug-likeness (QED) is 0.748. The van der Waals surface area contributed by atoms with Gasteiger partial charge in [-0.15, -0.1) is 0 Å². The van der Waals surface area contributed by atoms with E-state index in [0.717, 1.165) is 0 Å².